The van der Waals surface area contributed by atoms with Crippen molar-refractivity contribution in [3.63, 3.8) is 0 Å². The van der Waals surface area contributed by atoms with Gasteiger partial charge in [0.15, 0.2) is 4.80 Å². The zero-order valence-electron chi connectivity index (χ0n) is 23.2. The molecule has 0 saturated carbocycles. The van der Waals surface area contributed by atoms with Crippen molar-refractivity contribution >= 4 is 29.1 Å². The first kappa shape index (κ1) is 28.1. The maximum absolute atomic E-state index is 14.0. The van der Waals surface area contributed by atoms with E-state index in [-0.39, 0.29) is 17.7 Å². The Morgan fingerprint density at radius 1 is 1.15 bits per heavy atom. The van der Waals surface area contributed by atoms with Gasteiger partial charge in [0.25, 0.3) is 5.56 Å². The molecule has 0 fully saturated rings. The van der Waals surface area contributed by atoms with E-state index in [1.165, 1.54) is 23.0 Å². The Morgan fingerprint density at radius 3 is 2.66 bits per heavy atom. The number of fused-ring (bicyclic) bond motifs is 1. The van der Waals surface area contributed by atoms with Crippen molar-refractivity contribution in [1.82, 2.24) is 4.57 Å². The van der Waals surface area contributed by atoms with Crippen molar-refractivity contribution < 1.29 is 28.9 Å². The molecule has 1 aliphatic heterocycles. The summed E-state index contributed by atoms with van der Waals surface area (Å²) in [6.07, 6.45) is 1.65. The molecule has 2 aromatic heterocycles. The Morgan fingerprint density at radius 2 is 1.95 bits per heavy atom. The van der Waals surface area contributed by atoms with Gasteiger partial charge in [-0.15, -0.1) is 0 Å². The summed E-state index contributed by atoms with van der Waals surface area (Å²) < 4.78 is 24.4. The lowest BCUT2D eigenvalue weighted by Gasteiger charge is -2.26. The summed E-state index contributed by atoms with van der Waals surface area (Å²) in [4.78, 5) is 32.2. The number of aryl methyl sites for hydroxylation is 1. The molecule has 11 heteroatoms. The van der Waals surface area contributed by atoms with Crippen LogP contribution in [0, 0.1) is 12.1 Å². The molecule has 5 rings (SSSR count). The first-order chi connectivity index (χ1) is 19.8. The van der Waals surface area contributed by atoms with Gasteiger partial charge in [-0.3, -0.25) is 9.36 Å². The molecule has 3 heterocycles. The minimum Gasteiger partial charge on any atom is -0.630 e. The summed E-state index contributed by atoms with van der Waals surface area (Å²) in [6.45, 7) is 5.54. The molecular formula is C30H29N3O7S. The number of carbonyl (C=O) groups is 1. The number of hydrogen-bond acceptors (Lipinski definition) is 9. The SMILES string of the molecule is CCOC(=O)C1=C(C)N=c2s/c(=C\c3ccc(-c4cc([NH2+][O-])ccc4C)o3)c(=O)n2C1c1cc(OC)ccc1OC. The number of nitrogens with zero attached hydrogens (tertiary/aromatic N) is 2. The Kier molecular flexibility index (Phi) is 7.93. The van der Waals surface area contributed by atoms with Crippen molar-refractivity contribution in [1.29, 1.82) is 0 Å². The number of quaternary nitrogens is 1. The molecule has 0 amide bonds. The van der Waals surface area contributed by atoms with Crippen LogP contribution in [0.15, 0.2) is 74.0 Å². The van der Waals surface area contributed by atoms with Gasteiger partial charge in [0.2, 0.25) is 0 Å². The van der Waals surface area contributed by atoms with Crippen molar-refractivity contribution in [3.8, 4) is 22.8 Å². The minimum absolute atomic E-state index is 0.165. The molecule has 10 nitrogen and oxygen atoms in total. The molecule has 0 spiro atoms. The summed E-state index contributed by atoms with van der Waals surface area (Å²) >= 11 is 1.19. The number of methoxy groups -OCH3 is 2. The number of rotatable bonds is 8. The van der Waals surface area contributed by atoms with Crippen molar-refractivity contribution in [2.24, 2.45) is 4.99 Å². The summed E-state index contributed by atoms with van der Waals surface area (Å²) in [5.41, 5.74) is 3.95. The fourth-order valence-corrected chi connectivity index (χ4v) is 5.85. The van der Waals surface area contributed by atoms with Crippen LogP contribution in [0.1, 0.15) is 36.8 Å². The van der Waals surface area contributed by atoms with Crippen molar-refractivity contribution in [2.75, 3.05) is 20.8 Å². The molecule has 2 aromatic carbocycles. The zero-order valence-corrected chi connectivity index (χ0v) is 24.0. The van der Waals surface area contributed by atoms with Gasteiger partial charge in [0.05, 0.1) is 36.6 Å². The average Bonchev–Trinajstić information content (AvgIpc) is 3.56. The number of nitrogens with two attached hydrogens (primary N) is 1. The van der Waals surface area contributed by atoms with Gasteiger partial charge < -0.3 is 29.3 Å². The fraction of sp³-hybridized carbons (Fsp3) is 0.233. The van der Waals surface area contributed by atoms with Crippen LogP contribution >= 0.6 is 11.3 Å². The quantitative estimate of drug-likeness (QED) is 0.194. The standard InChI is InChI=1S/C30H29N3O7S/c1-6-39-29(35)26-17(3)31-30-33(27(26)22-14-19(37-4)9-11-23(22)38-5)28(34)25(41-30)15-20-10-12-24(40-20)21-13-18(32-36)8-7-16(21)2/h7-15,27H,6,32H2,1-5H3/b25-15-. The third-order valence-electron chi connectivity index (χ3n) is 6.81. The molecule has 1 unspecified atom stereocenters. The van der Waals surface area contributed by atoms with Crippen LogP contribution < -0.4 is 29.8 Å². The van der Waals surface area contributed by atoms with E-state index >= 15 is 0 Å². The van der Waals surface area contributed by atoms with Gasteiger partial charge in [-0.25, -0.2) is 9.79 Å². The Bertz CT molecular complexity index is 1850. The van der Waals surface area contributed by atoms with E-state index in [0.29, 0.717) is 49.3 Å². The van der Waals surface area contributed by atoms with Crippen LogP contribution in [0.5, 0.6) is 11.5 Å². The average molecular weight is 576 g/mol. The molecule has 1 aliphatic rings. The molecular weight excluding hydrogens is 546 g/mol. The summed E-state index contributed by atoms with van der Waals surface area (Å²) in [6, 6.07) is 13.3. The van der Waals surface area contributed by atoms with E-state index in [9.17, 15) is 14.8 Å². The number of thiazole rings is 1. The number of hydrogen-bond donors (Lipinski definition) is 1. The van der Waals surface area contributed by atoms with Gasteiger partial charge in [0, 0.05) is 23.3 Å². The molecule has 0 bridgehead atoms. The highest BCUT2D eigenvalue weighted by atomic mass is 32.1. The summed E-state index contributed by atoms with van der Waals surface area (Å²) in [5, 5.41) is 11.3. The van der Waals surface area contributed by atoms with Gasteiger partial charge in [-0.1, -0.05) is 17.4 Å². The number of esters is 1. The number of furan rings is 1. The predicted molar refractivity (Wildman–Crippen MR) is 154 cm³/mol. The number of ether oxygens (including phenoxy) is 3. The predicted octanol–water partition coefficient (Wildman–Crippen LogP) is 3.08. The zero-order chi connectivity index (χ0) is 29.3. The third-order valence-corrected chi connectivity index (χ3v) is 7.79. The number of carbonyl (C=O) groups excluding carboxylic acids is 1. The maximum Gasteiger partial charge on any atom is 0.338 e. The topological polar surface area (TPSA) is 132 Å². The highest BCUT2D eigenvalue weighted by Crippen LogP contribution is 2.38. The third kappa shape index (κ3) is 5.22. The highest BCUT2D eigenvalue weighted by molar-refractivity contribution is 7.07. The molecule has 212 valence electrons. The minimum atomic E-state index is -0.863. The molecule has 1 atom stereocenters. The van der Waals surface area contributed by atoms with Crippen LogP contribution in [0.2, 0.25) is 0 Å². The van der Waals surface area contributed by atoms with Gasteiger partial charge in [-0.05, 0) is 62.7 Å². The molecule has 41 heavy (non-hydrogen) atoms. The van der Waals surface area contributed by atoms with Crippen LogP contribution in [0.3, 0.4) is 0 Å². The monoisotopic (exact) mass is 575 g/mol. The van der Waals surface area contributed by atoms with Crippen LogP contribution in [0.4, 0.5) is 5.69 Å². The molecule has 4 aromatic rings. The lowest BCUT2D eigenvalue weighted by Crippen LogP contribution is -2.70. The smallest absolute Gasteiger partial charge is 0.338 e. The second-order valence-electron chi connectivity index (χ2n) is 9.30. The highest BCUT2D eigenvalue weighted by Gasteiger charge is 2.35. The molecule has 2 N–H and O–H groups in total. The lowest BCUT2D eigenvalue weighted by molar-refractivity contribution is -0.497. The summed E-state index contributed by atoms with van der Waals surface area (Å²) in [5.74, 6) is 1.48. The first-order valence-corrected chi connectivity index (χ1v) is 13.7. The maximum atomic E-state index is 14.0. The Labute approximate surface area is 239 Å². The van der Waals surface area contributed by atoms with E-state index in [4.69, 9.17) is 18.6 Å². The lowest BCUT2D eigenvalue weighted by atomic mass is 9.95. The van der Waals surface area contributed by atoms with Crippen LogP contribution in [0.25, 0.3) is 17.4 Å². The largest absolute Gasteiger partial charge is 0.630 e. The molecule has 0 saturated heterocycles. The summed E-state index contributed by atoms with van der Waals surface area (Å²) in [7, 11) is 3.06. The van der Waals surface area contributed by atoms with Crippen LogP contribution in [-0.4, -0.2) is 31.4 Å². The second-order valence-corrected chi connectivity index (χ2v) is 10.3. The number of benzene rings is 2. The molecule has 0 radical (unpaired) electrons. The molecule has 0 aliphatic carbocycles. The van der Waals surface area contributed by atoms with Crippen LogP contribution in [-0.2, 0) is 9.53 Å². The number of aromatic nitrogens is 1. The van der Waals surface area contributed by atoms with E-state index in [1.807, 2.05) is 13.0 Å². The van der Waals surface area contributed by atoms with E-state index < -0.39 is 12.0 Å². The van der Waals surface area contributed by atoms with Crippen molar-refractivity contribution in [3.05, 3.63) is 102 Å². The van der Waals surface area contributed by atoms with Gasteiger partial charge >= 0.3 is 5.97 Å². The van der Waals surface area contributed by atoms with Gasteiger partial charge in [0.1, 0.15) is 34.7 Å². The Hall–Kier alpha value is -4.45. The normalized spacial score (nSPS) is 15.0. The second kappa shape index (κ2) is 11.6. The first-order valence-electron chi connectivity index (χ1n) is 12.9. The van der Waals surface area contributed by atoms with E-state index in [0.717, 1.165) is 16.6 Å². The van der Waals surface area contributed by atoms with Crippen molar-refractivity contribution in [2.45, 2.75) is 26.8 Å². The fourth-order valence-electron chi connectivity index (χ4n) is 4.82. The Balaban J connectivity index is 1.68. The van der Waals surface area contributed by atoms with E-state index in [1.54, 1.807) is 69.5 Å². The number of allylic oxidation sites excluding steroid dienone is 1. The van der Waals surface area contributed by atoms with Gasteiger partial charge in [-0.2, -0.15) is 0 Å². The van der Waals surface area contributed by atoms with E-state index in [2.05, 4.69) is 4.99 Å².